The lowest BCUT2D eigenvalue weighted by atomic mass is 10.2. The van der Waals surface area contributed by atoms with Crippen LogP contribution in [0.3, 0.4) is 0 Å². The van der Waals surface area contributed by atoms with Crippen LogP contribution in [0.4, 0.5) is 11.4 Å². The molecule has 1 rings (SSSR count). The minimum atomic E-state index is 0.0506. The van der Waals surface area contributed by atoms with E-state index in [4.69, 9.17) is 5.73 Å². The number of hydrogen-bond acceptors (Lipinski definition) is 3. The van der Waals surface area contributed by atoms with Gasteiger partial charge in [0.05, 0.1) is 0 Å². The third-order valence-electron chi connectivity index (χ3n) is 1.92. The van der Waals surface area contributed by atoms with E-state index in [1.807, 2.05) is 18.4 Å². The zero-order valence-electron chi connectivity index (χ0n) is 8.82. The van der Waals surface area contributed by atoms with Gasteiger partial charge in [-0.2, -0.15) is 11.8 Å². The number of nitrogens with two attached hydrogens (primary N) is 1. The molecule has 3 nitrogen and oxygen atoms in total. The molecule has 0 spiro atoms. The molecular formula is C11H16N2OS. The molecule has 4 heteroatoms. The number of hydrogen-bond donors (Lipinski definition) is 2. The molecular weight excluding hydrogens is 208 g/mol. The molecule has 0 bridgehead atoms. The number of amides is 1. The molecule has 0 fully saturated rings. The molecule has 0 aliphatic heterocycles. The van der Waals surface area contributed by atoms with Crippen molar-refractivity contribution in [3.8, 4) is 0 Å². The number of anilines is 2. The van der Waals surface area contributed by atoms with Gasteiger partial charge in [0.1, 0.15) is 0 Å². The van der Waals surface area contributed by atoms with Crippen LogP contribution in [0.25, 0.3) is 0 Å². The first-order valence-corrected chi connectivity index (χ1v) is 6.26. The summed E-state index contributed by atoms with van der Waals surface area (Å²) in [5.74, 6) is 1.07. The number of benzene rings is 1. The second kappa shape index (κ2) is 6.35. The molecule has 1 aromatic carbocycles. The average molecular weight is 224 g/mol. The van der Waals surface area contributed by atoms with Gasteiger partial charge in [-0.25, -0.2) is 0 Å². The summed E-state index contributed by atoms with van der Waals surface area (Å²) in [4.78, 5) is 11.4. The van der Waals surface area contributed by atoms with Crippen molar-refractivity contribution in [2.45, 2.75) is 12.8 Å². The number of thioether (sulfide) groups is 1. The number of rotatable bonds is 5. The summed E-state index contributed by atoms with van der Waals surface area (Å²) in [7, 11) is 0. The van der Waals surface area contributed by atoms with Gasteiger partial charge in [0, 0.05) is 17.8 Å². The Labute approximate surface area is 94.4 Å². The van der Waals surface area contributed by atoms with Crippen LogP contribution in [-0.2, 0) is 4.79 Å². The van der Waals surface area contributed by atoms with Gasteiger partial charge < -0.3 is 11.1 Å². The Morgan fingerprint density at radius 2 is 2.33 bits per heavy atom. The summed E-state index contributed by atoms with van der Waals surface area (Å²) < 4.78 is 0. The van der Waals surface area contributed by atoms with Crippen molar-refractivity contribution >= 4 is 29.0 Å². The van der Waals surface area contributed by atoms with Crippen molar-refractivity contribution in [3.63, 3.8) is 0 Å². The minimum absolute atomic E-state index is 0.0506. The number of carbonyl (C=O) groups excluding carboxylic acids is 1. The predicted molar refractivity (Wildman–Crippen MR) is 67.1 cm³/mol. The maximum atomic E-state index is 11.4. The number of nitrogens with one attached hydrogen (secondary N) is 1. The van der Waals surface area contributed by atoms with Crippen LogP contribution in [0.15, 0.2) is 24.3 Å². The average Bonchev–Trinajstić information content (AvgIpc) is 2.18. The fourth-order valence-corrected chi connectivity index (χ4v) is 1.65. The van der Waals surface area contributed by atoms with Gasteiger partial charge >= 0.3 is 0 Å². The molecule has 0 aliphatic carbocycles. The van der Waals surface area contributed by atoms with Crippen molar-refractivity contribution in [2.75, 3.05) is 23.1 Å². The van der Waals surface area contributed by atoms with Crippen LogP contribution in [0.5, 0.6) is 0 Å². The van der Waals surface area contributed by atoms with Crippen LogP contribution in [0.1, 0.15) is 12.8 Å². The molecule has 0 saturated carbocycles. The molecule has 82 valence electrons. The SMILES string of the molecule is CSCCCC(=O)Nc1cccc(N)c1. The molecule has 15 heavy (non-hydrogen) atoms. The molecule has 1 amide bonds. The summed E-state index contributed by atoms with van der Waals surface area (Å²) in [5.41, 5.74) is 7.03. The summed E-state index contributed by atoms with van der Waals surface area (Å²) in [6, 6.07) is 7.21. The summed E-state index contributed by atoms with van der Waals surface area (Å²) >= 11 is 1.75. The first-order valence-electron chi connectivity index (χ1n) is 4.86. The predicted octanol–water partition coefficient (Wildman–Crippen LogP) is 2.35. The highest BCUT2D eigenvalue weighted by Crippen LogP contribution is 2.12. The van der Waals surface area contributed by atoms with E-state index < -0.39 is 0 Å². The van der Waals surface area contributed by atoms with Gasteiger partial charge in [0.2, 0.25) is 5.91 Å². The van der Waals surface area contributed by atoms with E-state index in [0.717, 1.165) is 17.9 Å². The van der Waals surface area contributed by atoms with E-state index in [1.54, 1.807) is 23.9 Å². The Hall–Kier alpha value is -1.16. The van der Waals surface area contributed by atoms with Crippen molar-refractivity contribution in [1.29, 1.82) is 0 Å². The third kappa shape index (κ3) is 4.74. The Balaban J connectivity index is 2.37. The van der Waals surface area contributed by atoms with Crippen molar-refractivity contribution in [1.82, 2.24) is 0 Å². The molecule has 3 N–H and O–H groups in total. The van der Waals surface area contributed by atoms with Gasteiger partial charge in [-0.15, -0.1) is 0 Å². The lowest BCUT2D eigenvalue weighted by molar-refractivity contribution is -0.116. The molecule has 1 aromatic rings. The van der Waals surface area contributed by atoms with Gasteiger partial charge in [0.25, 0.3) is 0 Å². The summed E-state index contributed by atoms with van der Waals surface area (Å²) in [5, 5.41) is 2.81. The molecule has 0 unspecified atom stereocenters. The van der Waals surface area contributed by atoms with Crippen LogP contribution in [0.2, 0.25) is 0 Å². The quantitative estimate of drug-likeness (QED) is 0.596. The first kappa shape index (κ1) is 11.9. The fraction of sp³-hybridized carbons (Fsp3) is 0.364. The van der Waals surface area contributed by atoms with E-state index in [0.29, 0.717) is 12.1 Å². The highest BCUT2D eigenvalue weighted by atomic mass is 32.2. The lowest BCUT2D eigenvalue weighted by Crippen LogP contribution is -2.11. The second-order valence-corrected chi connectivity index (χ2v) is 4.26. The maximum absolute atomic E-state index is 11.4. The van der Waals surface area contributed by atoms with Gasteiger partial charge in [-0.1, -0.05) is 6.07 Å². The van der Waals surface area contributed by atoms with E-state index in [2.05, 4.69) is 5.32 Å². The maximum Gasteiger partial charge on any atom is 0.224 e. The Morgan fingerprint density at radius 1 is 1.53 bits per heavy atom. The van der Waals surface area contributed by atoms with E-state index in [9.17, 15) is 4.79 Å². The van der Waals surface area contributed by atoms with Gasteiger partial charge in [0.15, 0.2) is 0 Å². The van der Waals surface area contributed by atoms with Gasteiger partial charge in [-0.05, 0) is 36.6 Å². The Bertz CT molecular complexity index is 328. The van der Waals surface area contributed by atoms with Crippen molar-refractivity contribution in [3.05, 3.63) is 24.3 Å². The second-order valence-electron chi connectivity index (χ2n) is 3.27. The third-order valence-corrected chi connectivity index (χ3v) is 2.62. The molecule has 0 atom stereocenters. The highest BCUT2D eigenvalue weighted by molar-refractivity contribution is 7.98. The Kier molecular flexibility index (Phi) is 5.04. The van der Waals surface area contributed by atoms with E-state index >= 15 is 0 Å². The fourth-order valence-electron chi connectivity index (χ4n) is 1.22. The van der Waals surface area contributed by atoms with Crippen molar-refractivity contribution in [2.24, 2.45) is 0 Å². The molecule has 0 aliphatic rings. The Morgan fingerprint density at radius 3 is 3.00 bits per heavy atom. The largest absolute Gasteiger partial charge is 0.399 e. The topological polar surface area (TPSA) is 55.1 Å². The van der Waals surface area contributed by atoms with E-state index in [1.165, 1.54) is 0 Å². The molecule has 0 heterocycles. The normalized spacial score (nSPS) is 9.93. The summed E-state index contributed by atoms with van der Waals surface area (Å²) in [6.45, 7) is 0. The zero-order chi connectivity index (χ0) is 11.1. The lowest BCUT2D eigenvalue weighted by Gasteiger charge is -2.05. The molecule has 0 saturated heterocycles. The van der Waals surface area contributed by atoms with Crippen LogP contribution < -0.4 is 11.1 Å². The van der Waals surface area contributed by atoms with Gasteiger partial charge in [-0.3, -0.25) is 4.79 Å². The minimum Gasteiger partial charge on any atom is -0.399 e. The monoisotopic (exact) mass is 224 g/mol. The summed E-state index contributed by atoms with van der Waals surface area (Å²) in [6.07, 6.45) is 3.51. The van der Waals surface area contributed by atoms with Crippen molar-refractivity contribution < 1.29 is 4.79 Å². The molecule has 0 aromatic heterocycles. The van der Waals surface area contributed by atoms with Crippen LogP contribution in [0, 0.1) is 0 Å². The first-order chi connectivity index (χ1) is 7.22. The van der Waals surface area contributed by atoms with Crippen LogP contribution in [-0.4, -0.2) is 17.9 Å². The zero-order valence-corrected chi connectivity index (χ0v) is 9.64. The smallest absolute Gasteiger partial charge is 0.224 e. The standard InChI is InChI=1S/C11H16N2OS/c1-15-7-3-6-11(14)13-10-5-2-4-9(12)8-10/h2,4-5,8H,3,6-7,12H2,1H3,(H,13,14). The number of carbonyl (C=O) groups is 1. The number of nitrogen functional groups attached to an aromatic ring is 1. The molecule has 0 radical (unpaired) electrons. The highest BCUT2D eigenvalue weighted by Gasteiger charge is 2.01. The van der Waals surface area contributed by atoms with Crippen LogP contribution >= 0.6 is 11.8 Å². The van der Waals surface area contributed by atoms with E-state index in [-0.39, 0.29) is 5.91 Å².